The van der Waals surface area contributed by atoms with Crippen molar-refractivity contribution < 1.29 is 13.2 Å². The normalized spacial score (nSPS) is 27.1. The minimum atomic E-state index is -4.25. The number of rotatable bonds is 2. The smallest absolute Gasteiger partial charge is 0.317 e. The maximum Gasteiger partial charge on any atom is 0.416 e. The summed E-state index contributed by atoms with van der Waals surface area (Å²) < 4.78 is 39.5. The van der Waals surface area contributed by atoms with Crippen molar-refractivity contribution in [3.05, 3.63) is 34.9 Å². The van der Waals surface area contributed by atoms with E-state index >= 15 is 0 Å². The molecule has 0 bridgehead atoms. The van der Waals surface area contributed by atoms with Crippen molar-refractivity contribution in [2.75, 3.05) is 13.1 Å². The fourth-order valence-corrected chi connectivity index (χ4v) is 4.18. The Morgan fingerprint density at radius 1 is 0.870 bits per heavy atom. The quantitative estimate of drug-likeness (QED) is 0.760. The van der Waals surface area contributed by atoms with Gasteiger partial charge in [0, 0.05) is 0 Å². The lowest BCUT2D eigenvalue weighted by molar-refractivity contribution is -0.137. The molecule has 4 heteroatoms. The molecule has 1 aliphatic heterocycles. The molecule has 0 unspecified atom stereocenters. The third-order valence-corrected chi connectivity index (χ3v) is 5.65. The zero-order chi connectivity index (χ0) is 16.4. The fraction of sp³-hybridized carbons (Fsp3) is 0.684. The van der Waals surface area contributed by atoms with Gasteiger partial charge in [0.1, 0.15) is 0 Å². The Balaban J connectivity index is 1.94. The Labute approximate surface area is 136 Å². The maximum atomic E-state index is 13.2. The van der Waals surface area contributed by atoms with Crippen LogP contribution in [0.5, 0.6) is 0 Å². The molecule has 0 radical (unpaired) electrons. The molecule has 23 heavy (non-hydrogen) atoms. The maximum absolute atomic E-state index is 13.2. The minimum absolute atomic E-state index is 0.304. The Hall–Kier alpha value is -1.03. The molecule has 1 aromatic rings. The van der Waals surface area contributed by atoms with Crippen molar-refractivity contribution >= 4 is 0 Å². The number of benzene rings is 1. The number of piperidine rings is 1. The van der Waals surface area contributed by atoms with E-state index in [1.165, 1.54) is 17.7 Å². The van der Waals surface area contributed by atoms with Crippen LogP contribution in [0, 0.1) is 5.92 Å². The summed E-state index contributed by atoms with van der Waals surface area (Å²) in [6.07, 6.45) is 2.13. The third-order valence-electron chi connectivity index (χ3n) is 5.65. The molecule has 0 spiro atoms. The first kappa shape index (κ1) is 16.8. The molecule has 1 saturated heterocycles. The molecule has 0 amide bonds. The molecule has 1 heterocycles. The van der Waals surface area contributed by atoms with Crippen molar-refractivity contribution in [3.63, 3.8) is 0 Å². The number of alkyl halides is 3. The van der Waals surface area contributed by atoms with E-state index < -0.39 is 11.7 Å². The summed E-state index contributed by atoms with van der Waals surface area (Å²) in [6, 6.07) is 4.51. The van der Waals surface area contributed by atoms with E-state index in [1.54, 1.807) is 6.07 Å². The molecular formula is C19H26F3N. The molecule has 2 aliphatic rings. The van der Waals surface area contributed by atoms with Gasteiger partial charge >= 0.3 is 6.18 Å². The van der Waals surface area contributed by atoms with E-state index in [4.69, 9.17) is 0 Å². The van der Waals surface area contributed by atoms with Crippen LogP contribution in [0.15, 0.2) is 18.2 Å². The number of hydrogen-bond acceptors (Lipinski definition) is 1. The van der Waals surface area contributed by atoms with Crippen LogP contribution in [0.2, 0.25) is 0 Å². The van der Waals surface area contributed by atoms with Gasteiger partial charge in [0.05, 0.1) is 5.56 Å². The van der Waals surface area contributed by atoms with Gasteiger partial charge in [-0.25, -0.2) is 0 Å². The average molecular weight is 325 g/mol. The van der Waals surface area contributed by atoms with E-state index in [0.29, 0.717) is 17.8 Å². The highest BCUT2D eigenvalue weighted by atomic mass is 19.4. The van der Waals surface area contributed by atoms with Crippen molar-refractivity contribution in [3.8, 4) is 0 Å². The van der Waals surface area contributed by atoms with Crippen LogP contribution >= 0.6 is 0 Å². The average Bonchev–Trinajstić information content (AvgIpc) is 2.55. The lowest BCUT2D eigenvalue weighted by Gasteiger charge is -2.32. The molecule has 3 rings (SSSR count). The second-order valence-electron chi connectivity index (χ2n) is 7.32. The van der Waals surface area contributed by atoms with Gasteiger partial charge in [-0.2, -0.15) is 13.2 Å². The molecule has 1 aromatic carbocycles. The van der Waals surface area contributed by atoms with Crippen LogP contribution < -0.4 is 5.32 Å². The van der Waals surface area contributed by atoms with Crippen molar-refractivity contribution in [1.82, 2.24) is 5.32 Å². The van der Waals surface area contributed by atoms with Gasteiger partial charge in [0.2, 0.25) is 0 Å². The van der Waals surface area contributed by atoms with E-state index in [2.05, 4.69) is 12.2 Å². The van der Waals surface area contributed by atoms with Crippen LogP contribution in [-0.4, -0.2) is 13.1 Å². The first-order valence-corrected chi connectivity index (χ1v) is 8.87. The second kappa shape index (κ2) is 6.84. The van der Waals surface area contributed by atoms with E-state index in [0.717, 1.165) is 57.2 Å². The molecule has 2 fully saturated rings. The van der Waals surface area contributed by atoms with Crippen molar-refractivity contribution in [2.45, 2.75) is 63.5 Å². The first-order valence-electron chi connectivity index (χ1n) is 8.87. The van der Waals surface area contributed by atoms with Gasteiger partial charge in [0.25, 0.3) is 0 Å². The predicted molar refractivity (Wildman–Crippen MR) is 86.7 cm³/mol. The summed E-state index contributed by atoms with van der Waals surface area (Å²) in [5, 5.41) is 3.34. The summed E-state index contributed by atoms with van der Waals surface area (Å²) in [4.78, 5) is 0. The lowest BCUT2D eigenvalue weighted by Crippen LogP contribution is -2.27. The summed E-state index contributed by atoms with van der Waals surface area (Å²) >= 11 is 0. The highest BCUT2D eigenvalue weighted by Gasteiger charge is 2.33. The summed E-state index contributed by atoms with van der Waals surface area (Å²) in [6.45, 7) is 4.18. The van der Waals surface area contributed by atoms with Gasteiger partial charge in [-0.15, -0.1) is 0 Å². The number of halogens is 3. The monoisotopic (exact) mass is 325 g/mol. The highest BCUT2D eigenvalue weighted by molar-refractivity contribution is 5.39. The van der Waals surface area contributed by atoms with Gasteiger partial charge < -0.3 is 5.32 Å². The minimum Gasteiger partial charge on any atom is -0.317 e. The Morgan fingerprint density at radius 2 is 1.48 bits per heavy atom. The predicted octanol–water partition coefficient (Wildman–Crippen LogP) is 5.47. The molecule has 1 saturated carbocycles. The molecule has 0 aromatic heterocycles. The van der Waals surface area contributed by atoms with Crippen LogP contribution in [0.25, 0.3) is 0 Å². The number of nitrogens with one attached hydrogen (secondary N) is 1. The Morgan fingerprint density at radius 3 is 2.09 bits per heavy atom. The molecule has 1 nitrogen and oxygen atoms in total. The summed E-state index contributed by atoms with van der Waals surface area (Å²) in [7, 11) is 0. The molecule has 1 N–H and O–H groups in total. The second-order valence-corrected chi connectivity index (χ2v) is 7.32. The summed E-state index contributed by atoms with van der Waals surface area (Å²) in [5.74, 6) is 1.42. The molecule has 0 atom stereocenters. The van der Waals surface area contributed by atoms with Crippen LogP contribution in [0.4, 0.5) is 13.2 Å². The first-order chi connectivity index (χ1) is 10.9. The van der Waals surface area contributed by atoms with Crippen LogP contribution in [0.1, 0.15) is 74.0 Å². The Bertz CT molecular complexity index is 524. The van der Waals surface area contributed by atoms with Crippen LogP contribution in [0.3, 0.4) is 0 Å². The van der Waals surface area contributed by atoms with Crippen molar-refractivity contribution in [2.24, 2.45) is 5.92 Å². The Kier molecular flexibility index (Phi) is 5.00. The third kappa shape index (κ3) is 3.90. The SMILES string of the molecule is C[C@H]1CC[C@H](c2cc(C(F)(F)F)ccc2C2CCNCC2)CC1. The molecule has 128 valence electrons. The van der Waals surface area contributed by atoms with Crippen molar-refractivity contribution in [1.29, 1.82) is 0 Å². The van der Waals surface area contributed by atoms with Gasteiger partial charge in [-0.3, -0.25) is 0 Å². The van der Waals surface area contributed by atoms with Gasteiger partial charge in [-0.1, -0.05) is 25.8 Å². The van der Waals surface area contributed by atoms with Gasteiger partial charge in [-0.05, 0) is 79.8 Å². The van der Waals surface area contributed by atoms with Gasteiger partial charge in [0.15, 0.2) is 0 Å². The highest BCUT2D eigenvalue weighted by Crippen LogP contribution is 2.42. The standard InChI is InChI=1S/C19H26F3N/c1-13-2-4-14(5-3-13)18-12-16(19(20,21)22)6-7-17(18)15-8-10-23-11-9-15/h6-7,12-15,23H,2-5,8-11H2,1H3/t13-,14-. The van der Waals surface area contributed by atoms with E-state index in [1.807, 2.05) is 0 Å². The summed E-state index contributed by atoms with van der Waals surface area (Å²) in [5.41, 5.74) is 1.68. The topological polar surface area (TPSA) is 12.0 Å². The zero-order valence-electron chi connectivity index (χ0n) is 13.8. The molecule has 1 aliphatic carbocycles. The molecular weight excluding hydrogens is 299 g/mol. The van der Waals surface area contributed by atoms with E-state index in [9.17, 15) is 13.2 Å². The largest absolute Gasteiger partial charge is 0.416 e. The number of hydrogen-bond donors (Lipinski definition) is 1. The van der Waals surface area contributed by atoms with Crippen LogP contribution in [-0.2, 0) is 6.18 Å². The fourth-order valence-electron chi connectivity index (χ4n) is 4.18. The lowest BCUT2D eigenvalue weighted by atomic mass is 9.75. The zero-order valence-corrected chi connectivity index (χ0v) is 13.8. The van der Waals surface area contributed by atoms with E-state index in [-0.39, 0.29) is 0 Å².